The minimum Gasteiger partial charge on any atom is -0.505 e. The van der Waals surface area contributed by atoms with E-state index in [0.717, 1.165) is 5.56 Å². The van der Waals surface area contributed by atoms with E-state index in [0.29, 0.717) is 5.52 Å². The van der Waals surface area contributed by atoms with E-state index in [1.54, 1.807) is 18.3 Å². The summed E-state index contributed by atoms with van der Waals surface area (Å²) in [4.78, 5) is 23.9. The largest absolute Gasteiger partial charge is 0.505 e. The molecule has 0 atom stereocenters. The van der Waals surface area contributed by atoms with Gasteiger partial charge in [-0.25, -0.2) is 4.68 Å². The Bertz CT molecular complexity index is 878. The van der Waals surface area contributed by atoms with Crippen molar-refractivity contribution in [3.63, 3.8) is 0 Å². The minimum atomic E-state index is -0.942. The van der Waals surface area contributed by atoms with E-state index in [9.17, 15) is 14.7 Å². The summed E-state index contributed by atoms with van der Waals surface area (Å²) in [5.41, 5.74) is 5.47. The third-order valence-electron chi connectivity index (χ3n) is 3.34. The Morgan fingerprint density at radius 1 is 1.14 bits per heavy atom. The Balaban J connectivity index is 2.29. The average Bonchev–Trinajstić information content (AvgIpc) is 2.94. The number of hydrogen-bond acceptors (Lipinski definition) is 3. The van der Waals surface area contributed by atoms with Gasteiger partial charge in [-0.2, -0.15) is 0 Å². The zero-order chi connectivity index (χ0) is 15.0. The number of amides is 1. The van der Waals surface area contributed by atoms with Crippen molar-refractivity contribution in [3.05, 3.63) is 70.1 Å². The predicted molar refractivity (Wildman–Crippen MR) is 77.4 cm³/mol. The second-order valence-corrected chi connectivity index (χ2v) is 4.67. The van der Waals surface area contributed by atoms with E-state index < -0.39 is 17.0 Å². The van der Waals surface area contributed by atoms with Crippen LogP contribution < -0.4 is 11.3 Å². The summed E-state index contributed by atoms with van der Waals surface area (Å²) in [6.07, 6.45) is 1.64. The molecule has 2 heterocycles. The fraction of sp³-hybridized carbons (Fsp3) is 0.0667. The Kier molecular flexibility index (Phi) is 2.98. The standard InChI is InChI=1S/C15H13N3O3/c16-14(20)12-13(19)11-7-4-8-17(11)18(15(12)21)9-10-5-2-1-3-6-10/h1-8,19H,9H2,(H2,16,20). The highest BCUT2D eigenvalue weighted by atomic mass is 16.3. The highest BCUT2D eigenvalue weighted by Crippen LogP contribution is 2.21. The van der Waals surface area contributed by atoms with Crippen LogP contribution in [0.15, 0.2) is 53.5 Å². The minimum absolute atomic E-state index is 0.269. The Morgan fingerprint density at radius 2 is 1.86 bits per heavy atom. The predicted octanol–water partition coefficient (Wildman–Crippen LogP) is 0.954. The van der Waals surface area contributed by atoms with Crippen LogP contribution in [-0.4, -0.2) is 20.2 Å². The van der Waals surface area contributed by atoms with Gasteiger partial charge < -0.3 is 10.8 Å². The first-order valence-electron chi connectivity index (χ1n) is 6.36. The molecule has 0 radical (unpaired) electrons. The van der Waals surface area contributed by atoms with E-state index >= 15 is 0 Å². The Morgan fingerprint density at radius 3 is 2.52 bits per heavy atom. The number of nitrogens with two attached hydrogens (primary N) is 1. The van der Waals surface area contributed by atoms with Gasteiger partial charge in [0.2, 0.25) is 0 Å². The zero-order valence-electron chi connectivity index (χ0n) is 11.1. The van der Waals surface area contributed by atoms with Crippen LogP contribution in [0.25, 0.3) is 5.52 Å². The fourth-order valence-electron chi connectivity index (χ4n) is 2.35. The Labute approximate surface area is 119 Å². The summed E-state index contributed by atoms with van der Waals surface area (Å²) in [6, 6.07) is 12.6. The van der Waals surface area contributed by atoms with Crippen molar-refractivity contribution in [3.8, 4) is 5.75 Å². The first-order chi connectivity index (χ1) is 10.1. The van der Waals surface area contributed by atoms with Crippen LogP contribution in [0.3, 0.4) is 0 Å². The van der Waals surface area contributed by atoms with Gasteiger partial charge in [-0.1, -0.05) is 30.3 Å². The number of aromatic nitrogens is 2. The maximum atomic E-state index is 12.4. The number of aromatic hydroxyl groups is 1. The number of nitrogens with zero attached hydrogens (tertiary/aromatic N) is 2. The van der Waals surface area contributed by atoms with Crippen molar-refractivity contribution < 1.29 is 9.90 Å². The van der Waals surface area contributed by atoms with Gasteiger partial charge in [-0.3, -0.25) is 14.1 Å². The molecular weight excluding hydrogens is 270 g/mol. The summed E-state index contributed by atoms with van der Waals surface area (Å²) in [7, 11) is 0. The summed E-state index contributed by atoms with van der Waals surface area (Å²) >= 11 is 0. The molecule has 106 valence electrons. The number of primary amides is 1. The van der Waals surface area contributed by atoms with Crippen LogP contribution in [0.5, 0.6) is 5.75 Å². The molecule has 0 unspecified atom stereocenters. The molecule has 21 heavy (non-hydrogen) atoms. The second kappa shape index (κ2) is 4.82. The number of rotatable bonds is 3. The van der Waals surface area contributed by atoms with Gasteiger partial charge in [0.1, 0.15) is 11.1 Å². The molecule has 0 spiro atoms. The lowest BCUT2D eigenvalue weighted by molar-refractivity contribution is 0.0995. The number of carbonyl (C=O) groups is 1. The SMILES string of the molecule is NC(=O)c1c(O)c2cccn2n(Cc2ccccc2)c1=O. The highest BCUT2D eigenvalue weighted by Gasteiger charge is 2.20. The van der Waals surface area contributed by atoms with Gasteiger partial charge in [0, 0.05) is 6.20 Å². The molecule has 1 aromatic carbocycles. The van der Waals surface area contributed by atoms with E-state index in [1.165, 1.54) is 9.20 Å². The van der Waals surface area contributed by atoms with Crippen LogP contribution in [0.2, 0.25) is 0 Å². The van der Waals surface area contributed by atoms with Crippen LogP contribution in [0.1, 0.15) is 15.9 Å². The zero-order valence-corrected chi connectivity index (χ0v) is 11.1. The van der Waals surface area contributed by atoms with E-state index in [2.05, 4.69) is 0 Å². The van der Waals surface area contributed by atoms with Crippen molar-refractivity contribution in [2.24, 2.45) is 5.73 Å². The summed E-state index contributed by atoms with van der Waals surface area (Å²) in [5.74, 6) is -1.33. The molecule has 1 amide bonds. The molecule has 0 aliphatic heterocycles. The van der Waals surface area contributed by atoms with Crippen molar-refractivity contribution in [2.45, 2.75) is 6.54 Å². The van der Waals surface area contributed by atoms with Crippen LogP contribution >= 0.6 is 0 Å². The number of fused-ring (bicyclic) bond motifs is 1. The highest BCUT2D eigenvalue weighted by molar-refractivity contribution is 5.97. The smallest absolute Gasteiger partial charge is 0.282 e. The number of benzene rings is 1. The molecule has 3 N–H and O–H groups in total. The molecule has 3 rings (SSSR count). The molecule has 0 saturated carbocycles. The first-order valence-corrected chi connectivity index (χ1v) is 6.36. The average molecular weight is 283 g/mol. The lowest BCUT2D eigenvalue weighted by atomic mass is 10.2. The molecule has 2 aromatic heterocycles. The topological polar surface area (TPSA) is 89.7 Å². The van der Waals surface area contributed by atoms with E-state index in [-0.39, 0.29) is 12.3 Å². The van der Waals surface area contributed by atoms with Crippen LogP contribution in [-0.2, 0) is 6.54 Å². The van der Waals surface area contributed by atoms with Gasteiger partial charge in [-0.05, 0) is 17.7 Å². The molecule has 3 aromatic rings. The summed E-state index contributed by atoms with van der Waals surface area (Å²) < 4.78 is 2.88. The third kappa shape index (κ3) is 2.06. The molecule has 6 nitrogen and oxygen atoms in total. The van der Waals surface area contributed by atoms with E-state index in [1.807, 2.05) is 30.3 Å². The maximum Gasteiger partial charge on any atom is 0.282 e. The first kappa shape index (κ1) is 13.0. The maximum absolute atomic E-state index is 12.4. The molecule has 0 saturated heterocycles. The number of carbonyl (C=O) groups excluding carboxylic acids is 1. The van der Waals surface area contributed by atoms with Gasteiger partial charge in [0.25, 0.3) is 11.5 Å². The molecule has 0 fully saturated rings. The summed E-state index contributed by atoms with van der Waals surface area (Å²) in [6.45, 7) is 0.269. The van der Waals surface area contributed by atoms with Gasteiger partial charge in [-0.15, -0.1) is 0 Å². The molecular formula is C15H13N3O3. The molecule has 6 heteroatoms. The van der Waals surface area contributed by atoms with Crippen LogP contribution in [0, 0.1) is 0 Å². The van der Waals surface area contributed by atoms with Crippen molar-refractivity contribution in [2.75, 3.05) is 0 Å². The van der Waals surface area contributed by atoms with Crippen molar-refractivity contribution >= 4 is 11.4 Å². The van der Waals surface area contributed by atoms with Gasteiger partial charge in [0.05, 0.1) is 6.54 Å². The summed E-state index contributed by atoms with van der Waals surface area (Å²) in [5, 5.41) is 10.0. The third-order valence-corrected chi connectivity index (χ3v) is 3.34. The van der Waals surface area contributed by atoms with Gasteiger partial charge >= 0.3 is 0 Å². The number of hydrogen-bond donors (Lipinski definition) is 2. The normalized spacial score (nSPS) is 10.9. The monoisotopic (exact) mass is 283 g/mol. The molecule has 0 bridgehead atoms. The van der Waals surface area contributed by atoms with Crippen LogP contribution in [0.4, 0.5) is 0 Å². The lowest BCUT2D eigenvalue weighted by Crippen LogP contribution is -2.33. The van der Waals surface area contributed by atoms with Gasteiger partial charge in [0.15, 0.2) is 5.75 Å². The quantitative estimate of drug-likeness (QED) is 0.750. The van der Waals surface area contributed by atoms with E-state index in [4.69, 9.17) is 5.73 Å². The fourth-order valence-corrected chi connectivity index (χ4v) is 2.35. The van der Waals surface area contributed by atoms with Crippen molar-refractivity contribution in [1.82, 2.24) is 9.20 Å². The van der Waals surface area contributed by atoms with Crippen molar-refractivity contribution in [1.29, 1.82) is 0 Å². The molecule has 0 aliphatic rings. The second-order valence-electron chi connectivity index (χ2n) is 4.67. The lowest BCUT2D eigenvalue weighted by Gasteiger charge is -2.13. The molecule has 0 aliphatic carbocycles. The Hall–Kier alpha value is -3.02.